The maximum Gasteiger partial charge on any atom is 0.242 e. The molecule has 1 fully saturated rings. The average molecular weight is 310 g/mol. The summed E-state index contributed by atoms with van der Waals surface area (Å²) >= 11 is 0. The summed E-state index contributed by atoms with van der Waals surface area (Å²) in [7, 11) is -1.76. The lowest BCUT2D eigenvalue weighted by Crippen LogP contribution is -2.34. The molecule has 0 spiro atoms. The normalized spacial score (nSPS) is 16.4. The Morgan fingerprint density at radius 1 is 1.29 bits per heavy atom. The van der Waals surface area contributed by atoms with Gasteiger partial charge in [-0.05, 0) is 36.0 Å². The van der Waals surface area contributed by atoms with E-state index in [4.69, 9.17) is 0 Å². The van der Waals surface area contributed by atoms with Crippen molar-refractivity contribution in [2.45, 2.75) is 51.1 Å². The number of hydrogen-bond acceptors (Lipinski definition) is 3. The van der Waals surface area contributed by atoms with Gasteiger partial charge in [-0.15, -0.1) is 0 Å². The van der Waals surface area contributed by atoms with Crippen LogP contribution in [0.5, 0.6) is 0 Å². The zero-order valence-electron chi connectivity index (χ0n) is 13.4. The summed E-state index contributed by atoms with van der Waals surface area (Å²) in [5.41, 5.74) is 0.958. The van der Waals surface area contributed by atoms with Gasteiger partial charge in [-0.25, -0.2) is 12.7 Å². The van der Waals surface area contributed by atoms with Gasteiger partial charge in [-0.1, -0.05) is 32.9 Å². The molecule has 0 heterocycles. The molecule has 0 atom stereocenters. The largest absolute Gasteiger partial charge is 0.310 e. The molecule has 1 aromatic carbocycles. The van der Waals surface area contributed by atoms with Gasteiger partial charge >= 0.3 is 0 Å². The first kappa shape index (κ1) is 16.5. The second-order valence-corrected chi connectivity index (χ2v) is 9.17. The van der Waals surface area contributed by atoms with Gasteiger partial charge in [0.25, 0.3) is 0 Å². The summed E-state index contributed by atoms with van der Waals surface area (Å²) in [5.74, 6) is 0. The van der Waals surface area contributed by atoms with Crippen LogP contribution in [0.2, 0.25) is 0 Å². The minimum Gasteiger partial charge on any atom is -0.310 e. The minimum atomic E-state index is -3.41. The van der Waals surface area contributed by atoms with E-state index in [2.05, 4.69) is 5.32 Å². The molecule has 118 valence electrons. The molecular formula is C16H26N2O2S. The van der Waals surface area contributed by atoms with Crippen LogP contribution in [0.3, 0.4) is 0 Å². The van der Waals surface area contributed by atoms with Gasteiger partial charge in [-0.3, -0.25) is 0 Å². The van der Waals surface area contributed by atoms with Gasteiger partial charge in [0.2, 0.25) is 10.0 Å². The molecule has 4 nitrogen and oxygen atoms in total. The lowest BCUT2D eigenvalue weighted by molar-refractivity contribution is 0.311. The van der Waals surface area contributed by atoms with E-state index in [1.54, 1.807) is 19.2 Å². The van der Waals surface area contributed by atoms with Crippen LogP contribution in [-0.4, -0.2) is 32.4 Å². The molecular weight excluding hydrogens is 284 g/mol. The SMILES string of the molecule is CN(CC(C)(C)C)S(=O)(=O)c1cccc(CNC2CC2)c1. The number of benzene rings is 1. The van der Waals surface area contributed by atoms with Crippen LogP contribution >= 0.6 is 0 Å². The number of nitrogens with one attached hydrogen (secondary N) is 1. The van der Waals surface area contributed by atoms with E-state index in [0.717, 1.165) is 12.1 Å². The second-order valence-electron chi connectivity index (χ2n) is 7.12. The van der Waals surface area contributed by atoms with Crippen molar-refractivity contribution in [2.75, 3.05) is 13.6 Å². The lowest BCUT2D eigenvalue weighted by atomic mass is 9.97. The number of sulfonamides is 1. The van der Waals surface area contributed by atoms with Gasteiger partial charge in [0.05, 0.1) is 4.90 Å². The van der Waals surface area contributed by atoms with E-state index in [9.17, 15) is 8.42 Å². The highest BCUT2D eigenvalue weighted by molar-refractivity contribution is 7.89. The Morgan fingerprint density at radius 3 is 2.52 bits per heavy atom. The van der Waals surface area contributed by atoms with E-state index in [-0.39, 0.29) is 5.41 Å². The molecule has 2 rings (SSSR count). The molecule has 21 heavy (non-hydrogen) atoms. The summed E-state index contributed by atoms with van der Waals surface area (Å²) in [6.07, 6.45) is 2.46. The molecule has 0 aliphatic heterocycles. The fourth-order valence-electron chi connectivity index (χ4n) is 2.30. The van der Waals surface area contributed by atoms with Crippen LogP contribution in [0.25, 0.3) is 0 Å². The smallest absolute Gasteiger partial charge is 0.242 e. The van der Waals surface area contributed by atoms with Gasteiger partial charge in [-0.2, -0.15) is 0 Å². The Morgan fingerprint density at radius 2 is 1.95 bits per heavy atom. The molecule has 0 aromatic heterocycles. The first-order valence-electron chi connectivity index (χ1n) is 7.47. The van der Waals surface area contributed by atoms with E-state index < -0.39 is 10.0 Å². The van der Waals surface area contributed by atoms with Crippen molar-refractivity contribution in [1.82, 2.24) is 9.62 Å². The van der Waals surface area contributed by atoms with Crippen LogP contribution in [0.15, 0.2) is 29.2 Å². The highest BCUT2D eigenvalue weighted by atomic mass is 32.2. The maximum absolute atomic E-state index is 12.6. The van der Waals surface area contributed by atoms with Crippen molar-refractivity contribution in [2.24, 2.45) is 5.41 Å². The summed E-state index contributed by atoms with van der Waals surface area (Å²) in [5, 5.41) is 3.41. The van der Waals surface area contributed by atoms with Crippen LogP contribution in [0.4, 0.5) is 0 Å². The monoisotopic (exact) mass is 310 g/mol. The molecule has 1 saturated carbocycles. The first-order chi connectivity index (χ1) is 9.68. The zero-order valence-corrected chi connectivity index (χ0v) is 14.2. The molecule has 1 aromatic rings. The summed E-state index contributed by atoms with van der Waals surface area (Å²) in [4.78, 5) is 0.379. The third-order valence-electron chi connectivity index (χ3n) is 3.48. The topological polar surface area (TPSA) is 49.4 Å². The predicted molar refractivity (Wildman–Crippen MR) is 85.6 cm³/mol. The van der Waals surface area contributed by atoms with E-state index in [1.165, 1.54) is 17.1 Å². The van der Waals surface area contributed by atoms with Gasteiger partial charge in [0.15, 0.2) is 0 Å². The molecule has 1 aliphatic carbocycles. The van der Waals surface area contributed by atoms with Crippen molar-refractivity contribution in [3.05, 3.63) is 29.8 Å². The molecule has 0 radical (unpaired) electrons. The molecule has 0 unspecified atom stereocenters. The van der Waals surface area contributed by atoms with Crippen molar-refractivity contribution in [1.29, 1.82) is 0 Å². The minimum absolute atomic E-state index is 0.0625. The van der Waals surface area contributed by atoms with Crippen molar-refractivity contribution in [3.8, 4) is 0 Å². The lowest BCUT2D eigenvalue weighted by Gasteiger charge is -2.26. The number of hydrogen-bond donors (Lipinski definition) is 1. The molecule has 0 bridgehead atoms. The molecule has 5 heteroatoms. The Kier molecular flexibility index (Phi) is 4.76. The predicted octanol–water partition coefficient (Wildman–Crippen LogP) is 2.61. The average Bonchev–Trinajstić information content (AvgIpc) is 3.18. The van der Waals surface area contributed by atoms with E-state index in [0.29, 0.717) is 17.5 Å². The number of rotatable bonds is 6. The van der Waals surface area contributed by atoms with E-state index in [1.807, 2.05) is 32.9 Å². The standard InChI is InChI=1S/C16H26N2O2S/c1-16(2,3)12-18(4)21(19,20)15-7-5-6-13(10-15)11-17-14-8-9-14/h5-7,10,14,17H,8-9,11-12H2,1-4H3. The third kappa shape index (κ3) is 4.80. The first-order valence-corrected chi connectivity index (χ1v) is 8.91. The molecule has 1 aliphatic rings. The van der Waals surface area contributed by atoms with Gasteiger partial charge < -0.3 is 5.32 Å². The second kappa shape index (κ2) is 6.07. The highest BCUT2D eigenvalue weighted by Gasteiger charge is 2.25. The molecule has 1 N–H and O–H groups in total. The van der Waals surface area contributed by atoms with Crippen LogP contribution in [0.1, 0.15) is 39.2 Å². The number of nitrogens with zero attached hydrogens (tertiary/aromatic N) is 1. The van der Waals surface area contributed by atoms with Crippen LogP contribution in [-0.2, 0) is 16.6 Å². The summed E-state index contributed by atoms with van der Waals surface area (Å²) in [6.45, 7) is 7.34. The van der Waals surface area contributed by atoms with Gasteiger partial charge in [0, 0.05) is 26.2 Å². The van der Waals surface area contributed by atoms with Crippen LogP contribution < -0.4 is 5.32 Å². The summed E-state index contributed by atoms with van der Waals surface area (Å²) < 4.78 is 26.7. The quantitative estimate of drug-likeness (QED) is 0.878. The molecule has 0 amide bonds. The highest BCUT2D eigenvalue weighted by Crippen LogP contribution is 2.22. The fraction of sp³-hybridized carbons (Fsp3) is 0.625. The zero-order chi connectivity index (χ0) is 15.7. The van der Waals surface area contributed by atoms with Crippen molar-refractivity contribution >= 4 is 10.0 Å². The van der Waals surface area contributed by atoms with E-state index >= 15 is 0 Å². The van der Waals surface area contributed by atoms with Gasteiger partial charge in [0.1, 0.15) is 0 Å². The van der Waals surface area contributed by atoms with Crippen molar-refractivity contribution in [3.63, 3.8) is 0 Å². The van der Waals surface area contributed by atoms with Crippen LogP contribution in [0, 0.1) is 5.41 Å². The fourth-order valence-corrected chi connectivity index (χ4v) is 3.77. The third-order valence-corrected chi connectivity index (χ3v) is 5.28. The Balaban J connectivity index is 2.12. The van der Waals surface area contributed by atoms with Crippen molar-refractivity contribution < 1.29 is 8.42 Å². The molecule has 0 saturated heterocycles. The Bertz CT molecular complexity index is 587. The maximum atomic E-state index is 12.6. The Hall–Kier alpha value is -0.910. The Labute approximate surface area is 128 Å². The summed E-state index contributed by atoms with van der Waals surface area (Å²) in [6, 6.07) is 7.87.